The number of aliphatic carboxylic acids is 2. The zero-order chi connectivity index (χ0) is 15.2. The van der Waals surface area contributed by atoms with Crippen LogP contribution in [0.25, 0.3) is 0 Å². The van der Waals surface area contributed by atoms with Crippen molar-refractivity contribution in [2.45, 2.75) is 83.2 Å². The lowest BCUT2D eigenvalue weighted by Gasteiger charge is -2.07. The molecule has 5 nitrogen and oxygen atoms in total. The molecule has 3 N–H and O–H groups in total. The molecule has 0 aromatic rings. The van der Waals surface area contributed by atoms with Crippen LogP contribution in [0, 0.1) is 0 Å². The summed E-state index contributed by atoms with van der Waals surface area (Å²) in [5.41, 5.74) is 0. The maximum absolute atomic E-state index is 10.3. The summed E-state index contributed by atoms with van der Waals surface area (Å²) >= 11 is 0. The number of hydrogen-bond donors (Lipinski definition) is 3. The predicted molar refractivity (Wildman–Crippen MR) is 76.7 cm³/mol. The van der Waals surface area contributed by atoms with E-state index in [1.165, 1.54) is 6.42 Å². The van der Waals surface area contributed by atoms with Crippen molar-refractivity contribution in [2.24, 2.45) is 0 Å². The summed E-state index contributed by atoms with van der Waals surface area (Å²) in [5, 5.41) is 26.3. The van der Waals surface area contributed by atoms with Gasteiger partial charge in [-0.05, 0) is 12.8 Å². The number of carboxylic acid groups (broad SMARTS) is 2. The first-order valence-electron chi connectivity index (χ1n) is 7.64. The van der Waals surface area contributed by atoms with Gasteiger partial charge in [0.15, 0.2) is 0 Å². The summed E-state index contributed by atoms with van der Waals surface area (Å²) in [6.45, 7) is 0. The number of hydrogen-bond acceptors (Lipinski definition) is 3. The lowest BCUT2D eigenvalue weighted by atomic mass is 10.0. The highest BCUT2D eigenvalue weighted by molar-refractivity contribution is 5.67. The van der Waals surface area contributed by atoms with E-state index in [9.17, 15) is 14.7 Å². The second-order valence-electron chi connectivity index (χ2n) is 5.37. The van der Waals surface area contributed by atoms with Crippen molar-refractivity contribution in [3.63, 3.8) is 0 Å². The average Bonchev–Trinajstić information content (AvgIpc) is 2.34. The summed E-state index contributed by atoms with van der Waals surface area (Å²) in [4.78, 5) is 20.6. The fourth-order valence-electron chi connectivity index (χ4n) is 2.20. The van der Waals surface area contributed by atoms with Crippen LogP contribution >= 0.6 is 0 Å². The van der Waals surface area contributed by atoms with Crippen molar-refractivity contribution in [1.82, 2.24) is 0 Å². The summed E-state index contributed by atoms with van der Waals surface area (Å²) in [5.74, 6) is -1.66. The van der Waals surface area contributed by atoms with Crippen molar-refractivity contribution < 1.29 is 24.9 Å². The number of unbranched alkanes of at least 4 members (excludes halogenated alkanes) is 8. The van der Waals surface area contributed by atoms with Gasteiger partial charge in [0.25, 0.3) is 0 Å². The van der Waals surface area contributed by atoms with Gasteiger partial charge in [0.1, 0.15) is 0 Å². The molecule has 0 fully saturated rings. The Morgan fingerprint density at radius 2 is 1.15 bits per heavy atom. The number of aliphatic hydroxyl groups excluding tert-OH is 1. The van der Waals surface area contributed by atoms with Crippen molar-refractivity contribution >= 4 is 11.9 Å². The number of rotatable bonds is 14. The second kappa shape index (κ2) is 12.9. The predicted octanol–water partition coefficient (Wildman–Crippen LogP) is 3.20. The molecule has 0 heterocycles. The topological polar surface area (TPSA) is 94.8 Å². The van der Waals surface area contributed by atoms with E-state index in [0.29, 0.717) is 6.42 Å². The van der Waals surface area contributed by atoms with Gasteiger partial charge in [0, 0.05) is 6.42 Å². The molecule has 0 rings (SSSR count). The van der Waals surface area contributed by atoms with Gasteiger partial charge in [-0.1, -0.05) is 51.4 Å². The molecule has 0 aromatic heterocycles. The number of carbonyl (C=O) groups is 2. The Morgan fingerprint density at radius 1 is 0.700 bits per heavy atom. The first kappa shape index (κ1) is 18.9. The minimum Gasteiger partial charge on any atom is -0.481 e. The molecule has 0 amide bonds. The van der Waals surface area contributed by atoms with Crippen LogP contribution in [0.15, 0.2) is 0 Å². The maximum Gasteiger partial charge on any atom is 0.305 e. The zero-order valence-corrected chi connectivity index (χ0v) is 12.2. The normalized spacial score (nSPS) is 12.2. The molecule has 0 saturated heterocycles. The molecule has 0 aliphatic carbocycles. The summed E-state index contributed by atoms with van der Waals surface area (Å²) in [7, 11) is 0. The molecule has 118 valence electrons. The minimum atomic E-state index is -0.944. The zero-order valence-electron chi connectivity index (χ0n) is 12.2. The molecule has 1 atom stereocenters. The van der Waals surface area contributed by atoms with Crippen LogP contribution in [0.4, 0.5) is 0 Å². The van der Waals surface area contributed by atoms with E-state index >= 15 is 0 Å². The maximum atomic E-state index is 10.3. The molecular formula is C15H28O5. The van der Waals surface area contributed by atoms with Gasteiger partial charge >= 0.3 is 11.9 Å². The second-order valence-corrected chi connectivity index (χ2v) is 5.37. The number of carboxylic acids is 2. The van der Waals surface area contributed by atoms with Crippen LogP contribution in [0.3, 0.4) is 0 Å². The van der Waals surface area contributed by atoms with Gasteiger partial charge < -0.3 is 15.3 Å². The molecule has 5 heteroatoms. The highest BCUT2D eigenvalue weighted by atomic mass is 16.4. The Kier molecular flexibility index (Phi) is 12.2. The highest BCUT2D eigenvalue weighted by Gasteiger charge is 2.08. The highest BCUT2D eigenvalue weighted by Crippen LogP contribution is 2.12. The largest absolute Gasteiger partial charge is 0.481 e. The smallest absolute Gasteiger partial charge is 0.305 e. The molecule has 0 spiro atoms. The Morgan fingerprint density at radius 3 is 1.60 bits per heavy atom. The monoisotopic (exact) mass is 288 g/mol. The van der Waals surface area contributed by atoms with Gasteiger partial charge in [0.2, 0.25) is 0 Å². The summed E-state index contributed by atoms with van der Waals surface area (Å²) in [6.07, 6.45) is 9.38. The molecule has 1 unspecified atom stereocenters. The summed E-state index contributed by atoms with van der Waals surface area (Å²) in [6, 6.07) is 0. The Bertz CT molecular complexity index is 265. The SMILES string of the molecule is O=C(O)CCCCCCCCCCCC(O)CC(=O)O. The third kappa shape index (κ3) is 15.0. The van der Waals surface area contributed by atoms with E-state index in [0.717, 1.165) is 51.4 Å². The number of aliphatic hydroxyl groups is 1. The van der Waals surface area contributed by atoms with E-state index < -0.39 is 18.0 Å². The van der Waals surface area contributed by atoms with Gasteiger partial charge in [-0.25, -0.2) is 0 Å². The third-order valence-electron chi connectivity index (χ3n) is 3.34. The van der Waals surface area contributed by atoms with E-state index in [4.69, 9.17) is 10.2 Å². The first-order valence-corrected chi connectivity index (χ1v) is 7.64. The Balaban J connectivity index is 3.13. The van der Waals surface area contributed by atoms with Crippen LogP contribution in [-0.4, -0.2) is 33.4 Å². The van der Waals surface area contributed by atoms with Crippen molar-refractivity contribution in [3.05, 3.63) is 0 Å². The quantitative estimate of drug-likeness (QED) is 0.427. The van der Waals surface area contributed by atoms with E-state index in [1.807, 2.05) is 0 Å². The first-order chi connectivity index (χ1) is 9.52. The molecule has 0 aliphatic heterocycles. The van der Waals surface area contributed by atoms with Gasteiger partial charge in [-0.3, -0.25) is 9.59 Å². The van der Waals surface area contributed by atoms with Crippen LogP contribution in [0.1, 0.15) is 77.0 Å². The van der Waals surface area contributed by atoms with Gasteiger partial charge in [-0.2, -0.15) is 0 Å². The molecular weight excluding hydrogens is 260 g/mol. The van der Waals surface area contributed by atoms with E-state index in [1.54, 1.807) is 0 Å². The van der Waals surface area contributed by atoms with Crippen LogP contribution in [-0.2, 0) is 9.59 Å². The van der Waals surface area contributed by atoms with Crippen LogP contribution in [0.5, 0.6) is 0 Å². The van der Waals surface area contributed by atoms with Gasteiger partial charge in [-0.15, -0.1) is 0 Å². The fourth-order valence-corrected chi connectivity index (χ4v) is 2.20. The van der Waals surface area contributed by atoms with Gasteiger partial charge in [0.05, 0.1) is 12.5 Å². The molecule has 0 bridgehead atoms. The van der Waals surface area contributed by atoms with E-state index in [-0.39, 0.29) is 12.8 Å². The van der Waals surface area contributed by atoms with Crippen molar-refractivity contribution in [2.75, 3.05) is 0 Å². The Hall–Kier alpha value is -1.10. The van der Waals surface area contributed by atoms with Crippen molar-refractivity contribution in [1.29, 1.82) is 0 Å². The molecule has 0 radical (unpaired) electrons. The van der Waals surface area contributed by atoms with Crippen LogP contribution in [0.2, 0.25) is 0 Å². The summed E-state index contributed by atoms with van der Waals surface area (Å²) < 4.78 is 0. The standard InChI is InChI=1S/C15H28O5/c16-13(12-15(19)20)10-8-6-4-2-1-3-5-7-9-11-14(17)18/h13,16H,1-12H2,(H,17,18)(H,19,20). The lowest BCUT2D eigenvalue weighted by molar-refractivity contribution is -0.139. The van der Waals surface area contributed by atoms with Crippen molar-refractivity contribution in [3.8, 4) is 0 Å². The minimum absolute atomic E-state index is 0.156. The molecule has 0 aliphatic rings. The lowest BCUT2D eigenvalue weighted by Crippen LogP contribution is -2.12. The van der Waals surface area contributed by atoms with Crippen LogP contribution < -0.4 is 0 Å². The fraction of sp³-hybridized carbons (Fsp3) is 0.867. The third-order valence-corrected chi connectivity index (χ3v) is 3.34. The Labute approximate surface area is 121 Å². The van der Waals surface area contributed by atoms with E-state index in [2.05, 4.69) is 0 Å². The molecule has 20 heavy (non-hydrogen) atoms. The molecule has 0 saturated carbocycles. The molecule has 0 aromatic carbocycles. The average molecular weight is 288 g/mol.